The summed E-state index contributed by atoms with van der Waals surface area (Å²) in [6.45, 7) is 12.0. The number of ether oxygens (including phenoxy) is 2. The molecule has 5 nitrogen and oxygen atoms in total. The van der Waals surface area contributed by atoms with E-state index in [4.69, 9.17) is 14.5 Å². The largest absolute Gasteiger partial charge is 0.347 e. The van der Waals surface area contributed by atoms with E-state index in [2.05, 4.69) is 18.2 Å². The van der Waals surface area contributed by atoms with Gasteiger partial charge < -0.3 is 14.4 Å². The Morgan fingerprint density at radius 1 is 1.05 bits per heavy atom. The van der Waals surface area contributed by atoms with Crippen molar-refractivity contribution in [2.24, 2.45) is 0 Å². The van der Waals surface area contributed by atoms with E-state index < -0.39 is 5.79 Å². The molecule has 0 spiro atoms. The van der Waals surface area contributed by atoms with E-state index >= 15 is 0 Å². The van der Waals surface area contributed by atoms with Crippen LogP contribution in [0.3, 0.4) is 0 Å². The third-order valence-electron chi connectivity index (χ3n) is 7.72. The molecular weight excluding hydrogens is 503 g/mol. The molecule has 6 heteroatoms. The predicted octanol–water partition coefficient (Wildman–Crippen LogP) is 7.88. The van der Waals surface area contributed by atoms with Gasteiger partial charge in [0.15, 0.2) is 5.79 Å². The van der Waals surface area contributed by atoms with Crippen LogP contribution < -0.4 is 0 Å². The minimum Gasteiger partial charge on any atom is -0.347 e. The van der Waals surface area contributed by atoms with Crippen molar-refractivity contribution in [3.63, 3.8) is 0 Å². The maximum atomic E-state index is 13.9. The molecule has 1 aliphatic heterocycles. The lowest BCUT2D eigenvalue weighted by Gasteiger charge is -2.41. The second kappa shape index (κ2) is 11.4. The minimum absolute atomic E-state index is 0.101. The SMILES string of the molecule is CC(C)N(C(=O)C[C@H]1C[C@@H](C=Cc2c(C3CC3)nc3ccccc3c2-c2ccc(F)cc2)OC(C)(C)O1)C(C)C. The number of carbonyl (C=O) groups excluding carboxylic acids is 1. The molecule has 2 fully saturated rings. The summed E-state index contributed by atoms with van der Waals surface area (Å²) in [6, 6.07) is 15.1. The van der Waals surface area contributed by atoms with Crippen molar-refractivity contribution < 1.29 is 18.7 Å². The number of nitrogens with zero attached hydrogens (tertiary/aromatic N) is 2. The molecule has 3 aromatic rings. The molecule has 212 valence electrons. The number of benzene rings is 2. The first-order valence-electron chi connectivity index (χ1n) is 14.6. The van der Waals surface area contributed by atoms with Gasteiger partial charge in [-0.05, 0) is 78.1 Å². The lowest BCUT2D eigenvalue weighted by atomic mass is 9.92. The van der Waals surface area contributed by atoms with Gasteiger partial charge in [0.25, 0.3) is 0 Å². The molecule has 1 saturated heterocycles. The molecule has 0 unspecified atom stereocenters. The summed E-state index contributed by atoms with van der Waals surface area (Å²) in [5, 5.41) is 1.04. The van der Waals surface area contributed by atoms with Crippen LogP contribution in [0.15, 0.2) is 54.6 Å². The van der Waals surface area contributed by atoms with Crippen LogP contribution in [-0.2, 0) is 14.3 Å². The molecule has 1 saturated carbocycles. The fourth-order valence-corrected chi connectivity index (χ4v) is 6.08. The van der Waals surface area contributed by atoms with Crippen molar-refractivity contribution >= 4 is 22.9 Å². The molecule has 0 N–H and O–H groups in total. The first-order valence-corrected chi connectivity index (χ1v) is 14.6. The van der Waals surface area contributed by atoms with Crippen LogP contribution >= 0.6 is 0 Å². The van der Waals surface area contributed by atoms with Crippen LogP contribution in [0.25, 0.3) is 28.1 Å². The summed E-state index contributed by atoms with van der Waals surface area (Å²) in [4.78, 5) is 20.2. The highest BCUT2D eigenvalue weighted by atomic mass is 19.1. The number of pyridine rings is 1. The Morgan fingerprint density at radius 2 is 1.73 bits per heavy atom. The molecule has 1 aromatic heterocycles. The first-order chi connectivity index (χ1) is 19.0. The topological polar surface area (TPSA) is 51.7 Å². The molecule has 2 atom stereocenters. The van der Waals surface area contributed by atoms with E-state index in [1.807, 2.05) is 76.8 Å². The lowest BCUT2D eigenvalue weighted by molar-refractivity contribution is -0.290. The summed E-state index contributed by atoms with van der Waals surface area (Å²) >= 11 is 0. The van der Waals surface area contributed by atoms with Gasteiger partial charge in [0.2, 0.25) is 5.91 Å². The second-order valence-electron chi connectivity index (χ2n) is 12.2. The zero-order valence-electron chi connectivity index (χ0n) is 24.5. The third kappa shape index (κ3) is 6.29. The fourth-order valence-electron chi connectivity index (χ4n) is 6.08. The number of aromatic nitrogens is 1. The normalized spacial score (nSPS) is 21.0. The highest BCUT2D eigenvalue weighted by Gasteiger charge is 2.37. The summed E-state index contributed by atoms with van der Waals surface area (Å²) in [5.41, 5.74) is 5.10. The summed E-state index contributed by atoms with van der Waals surface area (Å²) < 4.78 is 26.4. The first kappa shape index (κ1) is 28.4. The Kier molecular flexibility index (Phi) is 8.12. The second-order valence-corrected chi connectivity index (χ2v) is 12.2. The number of carbonyl (C=O) groups is 1. The quantitative estimate of drug-likeness (QED) is 0.289. The molecule has 0 bridgehead atoms. The average Bonchev–Trinajstić information content (AvgIpc) is 3.71. The monoisotopic (exact) mass is 544 g/mol. The molecule has 5 rings (SSSR count). The van der Waals surface area contributed by atoms with Crippen molar-refractivity contribution in [1.29, 1.82) is 0 Å². The number of hydrogen-bond acceptors (Lipinski definition) is 4. The van der Waals surface area contributed by atoms with Crippen LogP contribution in [0, 0.1) is 5.82 Å². The number of fused-ring (bicyclic) bond motifs is 1. The molecule has 2 aliphatic rings. The van der Waals surface area contributed by atoms with E-state index in [9.17, 15) is 9.18 Å². The van der Waals surface area contributed by atoms with Crippen molar-refractivity contribution in [1.82, 2.24) is 9.88 Å². The van der Waals surface area contributed by atoms with Crippen LogP contribution in [0.2, 0.25) is 0 Å². The molecular formula is C34H41FN2O3. The Balaban J connectivity index is 1.50. The maximum Gasteiger partial charge on any atom is 0.225 e. The Morgan fingerprint density at radius 3 is 2.38 bits per heavy atom. The van der Waals surface area contributed by atoms with Gasteiger partial charge in [0.1, 0.15) is 5.82 Å². The van der Waals surface area contributed by atoms with Gasteiger partial charge in [-0.3, -0.25) is 9.78 Å². The highest BCUT2D eigenvalue weighted by molar-refractivity contribution is 5.99. The zero-order chi connectivity index (χ0) is 28.6. The summed E-state index contributed by atoms with van der Waals surface area (Å²) in [6.07, 6.45) is 6.87. The number of para-hydroxylation sites is 1. The van der Waals surface area contributed by atoms with E-state index in [-0.39, 0.29) is 36.0 Å². The smallest absolute Gasteiger partial charge is 0.225 e. The number of halogens is 1. The van der Waals surface area contributed by atoms with Crippen molar-refractivity contribution in [3.05, 3.63) is 71.7 Å². The van der Waals surface area contributed by atoms with Crippen molar-refractivity contribution in [2.75, 3.05) is 0 Å². The third-order valence-corrected chi connectivity index (χ3v) is 7.72. The van der Waals surface area contributed by atoms with Gasteiger partial charge in [-0.15, -0.1) is 0 Å². The standard InChI is InChI=1S/C34H41FN2O3/c1-21(2)37(22(3)4)31(38)20-27-19-26(39-34(5,6)40-27)17-18-29-32(23-13-15-25(35)16-14-23)28-9-7-8-10-30(28)36-33(29)24-11-12-24/h7-10,13-18,21-22,24,26-27H,11-12,19-20H2,1-6H3/t26-,27-/m1/s1. The van der Waals surface area contributed by atoms with E-state index in [0.29, 0.717) is 18.8 Å². The number of amides is 1. The average molecular weight is 545 g/mol. The Hall–Kier alpha value is -3.09. The molecule has 0 radical (unpaired) electrons. The van der Waals surface area contributed by atoms with E-state index in [1.54, 1.807) is 0 Å². The van der Waals surface area contributed by atoms with E-state index in [0.717, 1.165) is 46.1 Å². The van der Waals surface area contributed by atoms with Gasteiger partial charge in [-0.1, -0.05) is 42.5 Å². The number of hydrogen-bond donors (Lipinski definition) is 0. The van der Waals surface area contributed by atoms with Crippen LogP contribution in [0.4, 0.5) is 4.39 Å². The fraction of sp³-hybridized carbons (Fsp3) is 0.471. The lowest BCUT2D eigenvalue weighted by Crippen LogP contribution is -2.48. The van der Waals surface area contributed by atoms with Gasteiger partial charge in [-0.25, -0.2) is 4.39 Å². The predicted molar refractivity (Wildman–Crippen MR) is 158 cm³/mol. The minimum atomic E-state index is -0.820. The summed E-state index contributed by atoms with van der Waals surface area (Å²) in [7, 11) is 0. The van der Waals surface area contributed by atoms with Gasteiger partial charge in [0, 0.05) is 40.9 Å². The maximum absolute atomic E-state index is 13.9. The summed E-state index contributed by atoms with van der Waals surface area (Å²) in [5.74, 6) is -0.560. The molecule has 1 aliphatic carbocycles. The van der Waals surface area contributed by atoms with Gasteiger partial charge in [0.05, 0.1) is 29.8 Å². The Bertz CT molecular complexity index is 1380. The van der Waals surface area contributed by atoms with Gasteiger partial charge >= 0.3 is 0 Å². The zero-order valence-corrected chi connectivity index (χ0v) is 24.5. The molecule has 1 amide bonds. The highest BCUT2D eigenvalue weighted by Crippen LogP contribution is 2.45. The molecule has 2 heterocycles. The van der Waals surface area contributed by atoms with Crippen molar-refractivity contribution in [2.45, 2.75) is 103 Å². The van der Waals surface area contributed by atoms with Crippen molar-refractivity contribution in [3.8, 4) is 11.1 Å². The van der Waals surface area contributed by atoms with E-state index in [1.165, 1.54) is 12.1 Å². The molecule has 40 heavy (non-hydrogen) atoms. The van der Waals surface area contributed by atoms with Crippen LogP contribution in [0.5, 0.6) is 0 Å². The van der Waals surface area contributed by atoms with Crippen LogP contribution in [0.1, 0.15) is 84.4 Å². The van der Waals surface area contributed by atoms with Gasteiger partial charge in [-0.2, -0.15) is 0 Å². The molecule has 2 aromatic carbocycles. The number of rotatable bonds is 8. The Labute approximate surface area is 237 Å². The van der Waals surface area contributed by atoms with Crippen LogP contribution in [-0.4, -0.2) is 45.9 Å².